The van der Waals surface area contributed by atoms with Crippen molar-refractivity contribution in [1.82, 2.24) is 10.2 Å². The Morgan fingerprint density at radius 2 is 1.65 bits per heavy atom. The molecule has 2 aromatic rings. The van der Waals surface area contributed by atoms with Gasteiger partial charge in [-0.1, -0.05) is 45.2 Å². The fraction of sp³-hybridized carbons (Fsp3) is 0.368. The zero-order chi connectivity index (χ0) is 18.7. The predicted molar refractivity (Wildman–Crippen MR) is 110 cm³/mol. The number of methoxy groups -OCH3 is 2. The number of rotatable bonds is 5. The van der Waals surface area contributed by atoms with Crippen LogP contribution in [-0.2, 0) is 0 Å². The summed E-state index contributed by atoms with van der Waals surface area (Å²) in [4.78, 5) is 2.41. The van der Waals surface area contributed by atoms with Gasteiger partial charge in [0, 0.05) is 40.7 Å². The van der Waals surface area contributed by atoms with E-state index in [1.54, 1.807) is 20.3 Å². The molecule has 1 fully saturated rings. The van der Waals surface area contributed by atoms with Gasteiger partial charge in [0.05, 0.1) is 20.3 Å². The van der Waals surface area contributed by atoms with Gasteiger partial charge in [0.15, 0.2) is 11.5 Å². The van der Waals surface area contributed by atoms with Gasteiger partial charge in [-0.2, -0.15) is 0 Å². The van der Waals surface area contributed by atoms with Crippen molar-refractivity contribution in [3.8, 4) is 11.5 Å². The van der Waals surface area contributed by atoms with Crippen LogP contribution in [0.5, 0.6) is 11.5 Å². The van der Waals surface area contributed by atoms with E-state index >= 15 is 0 Å². The van der Waals surface area contributed by atoms with Crippen LogP contribution < -0.4 is 14.8 Å². The maximum Gasteiger partial charge on any atom is 0.161 e. The number of halogens is 3. The minimum absolute atomic E-state index is 0.0175. The van der Waals surface area contributed by atoms with Crippen molar-refractivity contribution < 1.29 is 9.47 Å². The fourth-order valence-corrected chi connectivity index (χ4v) is 4.36. The Balaban J connectivity index is 2.14. The number of nitrogens with zero attached hydrogens (tertiary/aromatic N) is 1. The maximum absolute atomic E-state index is 6.58. The minimum Gasteiger partial charge on any atom is -0.493 e. The van der Waals surface area contributed by atoms with E-state index in [9.17, 15) is 0 Å². The molecule has 0 saturated carbocycles. The first-order valence-corrected chi connectivity index (χ1v) is 9.91. The molecule has 2 aromatic carbocycles. The van der Waals surface area contributed by atoms with Crippen molar-refractivity contribution in [3.63, 3.8) is 0 Å². The van der Waals surface area contributed by atoms with Crippen molar-refractivity contribution in [2.75, 3.05) is 40.4 Å². The largest absolute Gasteiger partial charge is 0.493 e. The molecule has 26 heavy (non-hydrogen) atoms. The predicted octanol–water partition coefficient (Wildman–Crippen LogP) is 4.77. The number of ether oxygens (including phenoxy) is 2. The summed E-state index contributed by atoms with van der Waals surface area (Å²) >= 11 is 16.4. The first-order chi connectivity index (χ1) is 12.5. The third-order valence-corrected chi connectivity index (χ3v) is 5.82. The van der Waals surface area contributed by atoms with E-state index in [0.717, 1.165) is 41.8 Å². The molecule has 0 aliphatic carbocycles. The summed E-state index contributed by atoms with van der Waals surface area (Å²) in [6, 6.07) is 9.61. The van der Waals surface area contributed by atoms with Crippen molar-refractivity contribution in [1.29, 1.82) is 0 Å². The molecule has 140 valence electrons. The average molecular weight is 460 g/mol. The Morgan fingerprint density at radius 1 is 1.00 bits per heavy atom. The Labute approximate surface area is 172 Å². The summed E-state index contributed by atoms with van der Waals surface area (Å²) in [5, 5.41) is 4.68. The highest BCUT2D eigenvalue weighted by molar-refractivity contribution is 9.10. The van der Waals surface area contributed by atoms with Gasteiger partial charge in [-0.15, -0.1) is 0 Å². The Hall–Kier alpha value is -0.980. The van der Waals surface area contributed by atoms with Crippen molar-refractivity contribution in [3.05, 3.63) is 56.0 Å². The van der Waals surface area contributed by atoms with Crippen LogP contribution in [-0.4, -0.2) is 45.3 Å². The monoisotopic (exact) mass is 458 g/mol. The molecule has 1 N–H and O–H groups in total. The second-order valence-corrected chi connectivity index (χ2v) is 7.78. The van der Waals surface area contributed by atoms with Gasteiger partial charge >= 0.3 is 0 Å². The Bertz CT molecular complexity index is 782. The van der Waals surface area contributed by atoms with Gasteiger partial charge in [-0.3, -0.25) is 4.90 Å². The molecule has 0 radical (unpaired) electrons. The van der Waals surface area contributed by atoms with Crippen LogP contribution in [0.4, 0.5) is 0 Å². The summed E-state index contributed by atoms with van der Waals surface area (Å²) in [5.74, 6) is 1.38. The smallest absolute Gasteiger partial charge is 0.161 e. The lowest BCUT2D eigenvalue weighted by Gasteiger charge is -2.36. The summed E-state index contributed by atoms with van der Waals surface area (Å²) in [7, 11) is 3.28. The minimum atomic E-state index is -0.0175. The van der Waals surface area contributed by atoms with Gasteiger partial charge in [-0.25, -0.2) is 0 Å². The van der Waals surface area contributed by atoms with Gasteiger partial charge in [0.25, 0.3) is 0 Å². The Morgan fingerprint density at radius 3 is 2.27 bits per heavy atom. The second-order valence-electron chi connectivity index (χ2n) is 6.08. The molecule has 0 bridgehead atoms. The number of nitrogens with one attached hydrogen (secondary N) is 1. The van der Waals surface area contributed by atoms with Crippen LogP contribution >= 0.6 is 39.1 Å². The zero-order valence-electron chi connectivity index (χ0n) is 14.7. The topological polar surface area (TPSA) is 33.7 Å². The van der Waals surface area contributed by atoms with E-state index in [2.05, 4.69) is 26.1 Å². The molecule has 1 heterocycles. The molecule has 1 aliphatic heterocycles. The molecule has 7 heteroatoms. The molecule has 0 spiro atoms. The average Bonchev–Trinajstić information content (AvgIpc) is 2.65. The van der Waals surface area contributed by atoms with Crippen molar-refractivity contribution in [2.24, 2.45) is 0 Å². The van der Waals surface area contributed by atoms with Crippen LogP contribution in [0.3, 0.4) is 0 Å². The van der Waals surface area contributed by atoms with E-state index in [4.69, 9.17) is 32.7 Å². The van der Waals surface area contributed by atoms with Crippen molar-refractivity contribution >= 4 is 39.1 Å². The van der Waals surface area contributed by atoms with E-state index in [1.165, 1.54) is 0 Å². The third-order valence-electron chi connectivity index (χ3n) is 4.57. The van der Waals surface area contributed by atoms with E-state index in [0.29, 0.717) is 21.5 Å². The van der Waals surface area contributed by atoms with Crippen LogP contribution in [0.15, 0.2) is 34.8 Å². The molecule has 4 nitrogen and oxygen atoms in total. The standard InChI is InChI=1S/C19H21BrCl2N2O2/c1-25-17-10-14(15(20)11-18(17)26-2)19(24-7-5-23-6-8-24)13-4-3-12(21)9-16(13)22/h3-4,9-11,19,23H,5-8H2,1-2H3. The van der Waals surface area contributed by atoms with Gasteiger partial charge in [0.2, 0.25) is 0 Å². The summed E-state index contributed by atoms with van der Waals surface area (Å²) < 4.78 is 11.9. The summed E-state index contributed by atoms with van der Waals surface area (Å²) in [6.07, 6.45) is 0. The van der Waals surface area contributed by atoms with Crippen molar-refractivity contribution in [2.45, 2.75) is 6.04 Å². The lowest BCUT2D eigenvalue weighted by molar-refractivity contribution is 0.197. The molecule has 1 aliphatic rings. The van der Waals surface area contributed by atoms with Gasteiger partial charge in [0.1, 0.15) is 0 Å². The van der Waals surface area contributed by atoms with Gasteiger partial charge in [-0.05, 0) is 35.4 Å². The SMILES string of the molecule is COc1cc(Br)c(C(c2ccc(Cl)cc2Cl)N2CCNCC2)cc1OC. The van der Waals surface area contributed by atoms with E-state index < -0.39 is 0 Å². The van der Waals surface area contributed by atoms with Crippen LogP contribution in [0.25, 0.3) is 0 Å². The lowest BCUT2D eigenvalue weighted by atomic mass is 9.95. The van der Waals surface area contributed by atoms with Crippen LogP contribution in [0.2, 0.25) is 10.0 Å². The quantitative estimate of drug-likeness (QED) is 0.698. The molecular weight excluding hydrogens is 439 g/mol. The summed E-state index contributed by atoms with van der Waals surface area (Å²) in [6.45, 7) is 3.72. The van der Waals surface area contributed by atoms with E-state index in [1.807, 2.05) is 24.3 Å². The molecule has 3 rings (SSSR count). The first-order valence-electron chi connectivity index (χ1n) is 8.36. The number of piperazine rings is 1. The number of benzene rings is 2. The number of hydrogen-bond donors (Lipinski definition) is 1. The first kappa shape index (κ1) is 19.8. The zero-order valence-corrected chi connectivity index (χ0v) is 17.8. The van der Waals surface area contributed by atoms with E-state index in [-0.39, 0.29) is 6.04 Å². The van der Waals surface area contributed by atoms with Gasteiger partial charge < -0.3 is 14.8 Å². The molecule has 1 unspecified atom stereocenters. The Kier molecular flexibility index (Phi) is 6.70. The number of hydrogen-bond acceptors (Lipinski definition) is 4. The third kappa shape index (κ3) is 4.12. The summed E-state index contributed by atoms with van der Waals surface area (Å²) in [5.41, 5.74) is 2.10. The maximum atomic E-state index is 6.58. The fourth-order valence-electron chi connectivity index (χ4n) is 3.30. The highest BCUT2D eigenvalue weighted by atomic mass is 79.9. The van der Waals surface area contributed by atoms with Crippen LogP contribution in [0.1, 0.15) is 17.2 Å². The molecular formula is C19H21BrCl2N2O2. The lowest BCUT2D eigenvalue weighted by Crippen LogP contribution is -2.45. The van der Waals surface area contributed by atoms with Crippen LogP contribution in [0, 0.1) is 0 Å². The molecule has 1 saturated heterocycles. The second kappa shape index (κ2) is 8.81. The normalized spacial score (nSPS) is 16.3. The highest BCUT2D eigenvalue weighted by Gasteiger charge is 2.28. The molecule has 0 aromatic heterocycles. The molecule has 1 atom stereocenters. The molecule has 0 amide bonds. The highest BCUT2D eigenvalue weighted by Crippen LogP contribution is 2.42.